The predicted octanol–water partition coefficient (Wildman–Crippen LogP) is 7.39. The van der Waals surface area contributed by atoms with Crippen LogP contribution in [0.15, 0.2) is 30.3 Å². The van der Waals surface area contributed by atoms with Crippen LogP contribution in [-0.2, 0) is 65.9 Å². The Hall–Kier alpha value is -1.96. The van der Waals surface area contributed by atoms with Gasteiger partial charge in [-0.3, -0.25) is 4.79 Å². The standard InChI is InChI=1S/C30H51O6Si.3CO.Fe/c1-8-9-11-17-27(34-24-31)18-14-19-28(35-25(2)32)22-29(36-37(6,7)30(3,4)5)20-21-33-23-26-15-12-10-13-16-26;3*1-2;/h10,12-13,15-16,27-29H,8-9,11,14,17-23H2,1-7H3;;;;/q-1;;;;+2/t27-,28-,29+;;;;/m1..../s1. The molecule has 0 aliphatic heterocycles. The van der Waals surface area contributed by atoms with E-state index in [4.69, 9.17) is 32.6 Å². The van der Waals surface area contributed by atoms with E-state index in [2.05, 4.69) is 72.9 Å². The van der Waals surface area contributed by atoms with E-state index < -0.39 is 8.32 Å². The van der Waals surface area contributed by atoms with Gasteiger partial charge in [0.2, 0.25) is 0 Å². The van der Waals surface area contributed by atoms with Gasteiger partial charge < -0.3 is 23.4 Å². The number of esters is 1. The molecule has 0 aliphatic rings. The van der Waals surface area contributed by atoms with E-state index in [1.807, 2.05) is 18.2 Å². The van der Waals surface area contributed by atoms with Gasteiger partial charge in [0.1, 0.15) is 6.10 Å². The summed E-state index contributed by atoms with van der Waals surface area (Å²) in [6.45, 7) is 31.1. The predicted molar refractivity (Wildman–Crippen MR) is 163 cm³/mol. The van der Waals surface area contributed by atoms with E-state index in [-0.39, 0.29) is 46.4 Å². The van der Waals surface area contributed by atoms with E-state index in [0.717, 1.165) is 50.5 Å². The first-order chi connectivity index (χ1) is 20.5. The van der Waals surface area contributed by atoms with Gasteiger partial charge >= 0.3 is 56.9 Å². The molecule has 1 aromatic rings. The third-order valence-electron chi connectivity index (χ3n) is 7.22. The number of ether oxygens (including phenoxy) is 3. The second-order valence-corrected chi connectivity index (χ2v) is 16.3. The molecule has 1 aromatic carbocycles. The van der Waals surface area contributed by atoms with Gasteiger partial charge in [0, 0.05) is 20.0 Å². The second kappa shape index (κ2) is 31.0. The van der Waals surface area contributed by atoms with Crippen molar-refractivity contribution in [3.8, 4) is 0 Å². The molecule has 1 rings (SSSR count). The Bertz CT molecular complexity index is 868. The van der Waals surface area contributed by atoms with Crippen molar-refractivity contribution in [2.75, 3.05) is 6.61 Å². The molecule has 248 valence electrons. The van der Waals surface area contributed by atoms with Crippen LogP contribution in [-0.4, -0.2) is 45.7 Å². The SMILES string of the molecule is CCCCC[C@H](CCC[C@H](C[C@H](CCOCc1ccccc1)O[Si](C)(C)C(C)(C)C)OC(C)=O)O[C-]=O.[C-]#[O+].[C-]#[O+].[C-]#[O+].[Fe+2]. The molecule has 0 saturated heterocycles. The fourth-order valence-corrected chi connectivity index (χ4v) is 5.48. The molecule has 0 aromatic heterocycles. The number of rotatable bonds is 20. The van der Waals surface area contributed by atoms with Crippen molar-refractivity contribution in [3.05, 3.63) is 55.8 Å². The number of carbonyl (C=O) groups excluding carboxylic acids is 2. The van der Waals surface area contributed by atoms with Crippen LogP contribution in [0.3, 0.4) is 0 Å². The zero-order chi connectivity index (χ0) is 33.7. The van der Waals surface area contributed by atoms with Crippen LogP contribution >= 0.6 is 0 Å². The molecule has 3 atom stereocenters. The van der Waals surface area contributed by atoms with E-state index in [0.29, 0.717) is 26.1 Å². The van der Waals surface area contributed by atoms with Crippen molar-refractivity contribution >= 4 is 20.8 Å². The zero-order valence-corrected chi connectivity index (χ0v) is 29.5. The Kier molecular flexibility index (Phi) is 34.5. The van der Waals surface area contributed by atoms with Gasteiger partial charge in [0.15, 0.2) is 8.32 Å². The molecule has 0 heterocycles. The molecule has 0 unspecified atom stereocenters. The molecule has 0 spiro atoms. The minimum absolute atomic E-state index is 0. The summed E-state index contributed by atoms with van der Waals surface area (Å²) in [6, 6.07) is 10.1. The molecular weight excluding hydrogens is 624 g/mol. The summed E-state index contributed by atoms with van der Waals surface area (Å²) in [7, 11) is -2.04. The summed E-state index contributed by atoms with van der Waals surface area (Å²) < 4.78 is 46.2. The smallest absolute Gasteiger partial charge is 2.00 e. The van der Waals surface area contributed by atoms with Crippen molar-refractivity contribution < 1.29 is 59.3 Å². The summed E-state index contributed by atoms with van der Waals surface area (Å²) in [6.07, 6.45) is 7.27. The summed E-state index contributed by atoms with van der Waals surface area (Å²) in [5.41, 5.74) is 1.14. The number of carbonyl (C=O) groups is 1. The number of benzene rings is 1. The van der Waals surface area contributed by atoms with Crippen LogP contribution in [0.2, 0.25) is 18.1 Å². The van der Waals surface area contributed by atoms with E-state index >= 15 is 0 Å². The summed E-state index contributed by atoms with van der Waals surface area (Å²) in [5.74, 6) is -0.284. The Morgan fingerprint density at radius 3 is 1.93 bits per heavy atom. The van der Waals surface area contributed by atoms with Crippen LogP contribution in [0.1, 0.15) is 98.0 Å². The fraction of sp³-hybridized carbons (Fsp3) is 0.667. The topological polar surface area (TPSA) is 131 Å². The molecule has 0 amide bonds. The Balaban J connectivity index is -0.00000107. The van der Waals surface area contributed by atoms with Gasteiger partial charge in [0.05, 0.1) is 18.8 Å². The average Bonchev–Trinajstić information content (AvgIpc) is 2.98. The zero-order valence-electron chi connectivity index (χ0n) is 27.4. The quantitative estimate of drug-likeness (QED) is 0.0466. The summed E-state index contributed by atoms with van der Waals surface area (Å²) >= 11 is 0. The van der Waals surface area contributed by atoms with Gasteiger partial charge in [-0.1, -0.05) is 77.3 Å². The Morgan fingerprint density at radius 2 is 1.43 bits per heavy atom. The molecule has 44 heavy (non-hydrogen) atoms. The third kappa shape index (κ3) is 25.4. The minimum atomic E-state index is -2.04. The van der Waals surface area contributed by atoms with Gasteiger partial charge in [0.25, 0.3) is 0 Å². The van der Waals surface area contributed by atoms with Crippen LogP contribution < -0.4 is 0 Å². The first-order valence-corrected chi connectivity index (χ1v) is 17.5. The van der Waals surface area contributed by atoms with Gasteiger partial charge in [-0.05, 0) is 62.2 Å². The van der Waals surface area contributed by atoms with Crippen molar-refractivity contribution in [3.63, 3.8) is 0 Å². The van der Waals surface area contributed by atoms with Gasteiger partial charge in [-0.15, -0.1) is 0 Å². The van der Waals surface area contributed by atoms with Crippen molar-refractivity contribution in [1.29, 1.82) is 0 Å². The fourth-order valence-electron chi connectivity index (χ4n) is 4.08. The first kappa shape index (κ1) is 48.9. The largest absolute Gasteiger partial charge is 2.00 e. The number of hydrogen-bond donors (Lipinski definition) is 0. The van der Waals surface area contributed by atoms with Gasteiger partial charge in [-0.2, -0.15) is 0 Å². The molecule has 0 N–H and O–H groups in total. The first-order valence-electron chi connectivity index (χ1n) is 14.6. The third-order valence-corrected chi connectivity index (χ3v) is 11.8. The van der Waals surface area contributed by atoms with E-state index in [9.17, 15) is 9.59 Å². The van der Waals surface area contributed by atoms with Crippen LogP contribution in [0, 0.1) is 20.0 Å². The molecule has 9 nitrogen and oxygen atoms in total. The average molecular weight is 676 g/mol. The minimum Gasteiger partial charge on any atom is 2.00 e. The maximum Gasteiger partial charge on any atom is 2.00 e. The van der Waals surface area contributed by atoms with Crippen LogP contribution in [0.4, 0.5) is 0 Å². The van der Waals surface area contributed by atoms with Crippen LogP contribution in [0.5, 0.6) is 0 Å². The van der Waals surface area contributed by atoms with E-state index in [1.54, 1.807) is 6.47 Å². The molecule has 0 bridgehead atoms. The van der Waals surface area contributed by atoms with Crippen LogP contribution in [0.25, 0.3) is 0 Å². The Morgan fingerprint density at radius 1 is 0.886 bits per heavy atom. The summed E-state index contributed by atoms with van der Waals surface area (Å²) in [4.78, 5) is 22.7. The monoisotopic (exact) mass is 675 g/mol. The van der Waals surface area contributed by atoms with Gasteiger partial charge in [-0.25, -0.2) is 0 Å². The molecular formula is C33H51FeO9Si+. The second-order valence-electron chi connectivity index (χ2n) is 11.5. The van der Waals surface area contributed by atoms with E-state index in [1.165, 1.54) is 6.92 Å². The maximum atomic E-state index is 11.9. The number of hydrogen-bond acceptors (Lipinski definition) is 6. The van der Waals surface area contributed by atoms with Crippen molar-refractivity contribution in [2.24, 2.45) is 0 Å². The van der Waals surface area contributed by atoms with Crippen molar-refractivity contribution in [1.82, 2.24) is 0 Å². The summed E-state index contributed by atoms with van der Waals surface area (Å²) in [5, 5.41) is 0.0709. The Labute approximate surface area is 277 Å². The van der Waals surface area contributed by atoms with Crippen molar-refractivity contribution in [2.45, 2.75) is 135 Å². The molecule has 0 radical (unpaired) electrons. The normalized spacial score (nSPS) is 12.4. The molecule has 0 aliphatic carbocycles. The number of unbranched alkanes of at least 4 members (excludes halogenated alkanes) is 2. The molecule has 0 fully saturated rings. The molecule has 11 heteroatoms. The molecule has 0 saturated carbocycles. The maximum absolute atomic E-state index is 11.9.